The summed E-state index contributed by atoms with van der Waals surface area (Å²) in [5.74, 6) is 0. The van der Waals surface area contributed by atoms with E-state index < -0.39 is 7.25 Å². The van der Waals surface area contributed by atoms with Crippen molar-refractivity contribution in [2.45, 2.75) is 13.3 Å². The molecule has 0 N–H and O–H groups in total. The summed E-state index contributed by atoms with van der Waals surface area (Å²) in [6.45, 7) is 2.24. The second-order valence-electron chi connectivity index (χ2n) is 4.85. The molecule has 120 valence electrons. The van der Waals surface area contributed by atoms with Crippen LogP contribution in [0.4, 0.5) is 17.3 Å². The third-order valence-electron chi connectivity index (χ3n) is 3.20. The van der Waals surface area contributed by atoms with E-state index in [9.17, 15) is 17.3 Å². The average molecular weight is 385 g/mol. The maximum atomic E-state index is 9.75. The number of rotatable bonds is 2. The second-order valence-corrected chi connectivity index (χ2v) is 7.12. The van der Waals surface area contributed by atoms with Crippen molar-refractivity contribution in [1.82, 2.24) is 0 Å². The van der Waals surface area contributed by atoms with E-state index in [1.54, 1.807) is 0 Å². The van der Waals surface area contributed by atoms with Gasteiger partial charge in [0.15, 0.2) is 0 Å². The molecule has 0 aliphatic heterocycles. The molecule has 0 saturated heterocycles. The van der Waals surface area contributed by atoms with Crippen molar-refractivity contribution in [2.75, 3.05) is 0 Å². The Bertz CT molecular complexity index is 766. The van der Waals surface area contributed by atoms with E-state index in [1.807, 2.05) is 0 Å². The maximum Gasteiger partial charge on any atom is 0.673 e. The van der Waals surface area contributed by atoms with Gasteiger partial charge in [0.2, 0.25) is 0 Å². The van der Waals surface area contributed by atoms with E-state index in [0.717, 1.165) is 6.42 Å². The molecule has 2 aromatic carbocycles. The predicted octanol–water partition coefficient (Wildman–Crippen LogP) is 5.71. The molecule has 0 aliphatic rings. The van der Waals surface area contributed by atoms with Crippen LogP contribution in [0, 0.1) is 0 Å². The first-order chi connectivity index (χ1) is 10.9. The van der Waals surface area contributed by atoms with Gasteiger partial charge in [-0.3, -0.25) is 0 Å². The molecule has 0 bridgehead atoms. The van der Waals surface area contributed by atoms with E-state index in [0.29, 0.717) is 14.5 Å². The van der Waals surface area contributed by atoms with E-state index >= 15 is 0 Å². The van der Waals surface area contributed by atoms with Gasteiger partial charge in [0.25, 0.3) is 0 Å². The third kappa shape index (κ3) is 5.49. The van der Waals surface area contributed by atoms with Crippen molar-refractivity contribution in [3.05, 3.63) is 66.2 Å². The predicted molar refractivity (Wildman–Crippen MR) is 90.3 cm³/mol. The van der Waals surface area contributed by atoms with E-state index in [4.69, 9.17) is 0 Å². The van der Waals surface area contributed by atoms with Gasteiger partial charge in [-0.2, -0.15) is 0 Å². The number of halogens is 4. The van der Waals surface area contributed by atoms with Gasteiger partial charge in [0.1, 0.15) is 0 Å². The zero-order chi connectivity index (χ0) is 16.9. The molecule has 23 heavy (non-hydrogen) atoms. The van der Waals surface area contributed by atoms with Crippen LogP contribution in [0.2, 0.25) is 0 Å². The van der Waals surface area contributed by atoms with Crippen molar-refractivity contribution < 1.29 is 17.3 Å². The monoisotopic (exact) mass is 386 g/mol. The number of fused-ring (bicyclic) bond motifs is 1. The van der Waals surface area contributed by atoms with Crippen molar-refractivity contribution in [1.29, 1.82) is 0 Å². The third-order valence-corrected chi connectivity index (χ3v) is 5.61. The van der Waals surface area contributed by atoms with Crippen LogP contribution >= 0.6 is 0 Å². The Morgan fingerprint density at radius 3 is 2.04 bits per heavy atom. The first kappa shape index (κ1) is 17.7. The van der Waals surface area contributed by atoms with Crippen LogP contribution in [0.25, 0.3) is 19.6 Å². The molecule has 0 nitrogen and oxygen atoms in total. The Morgan fingerprint density at radius 2 is 1.43 bits per heavy atom. The van der Waals surface area contributed by atoms with Crippen LogP contribution in [0.1, 0.15) is 12.5 Å². The van der Waals surface area contributed by atoms with Gasteiger partial charge in [-0.1, -0.05) is 0 Å². The van der Waals surface area contributed by atoms with Crippen LogP contribution in [-0.4, -0.2) is 21.8 Å². The van der Waals surface area contributed by atoms with Crippen LogP contribution in [0.3, 0.4) is 0 Å². The number of benzene rings is 2. The summed E-state index contributed by atoms with van der Waals surface area (Å²) < 4.78 is 42.0. The van der Waals surface area contributed by atoms with Gasteiger partial charge in [0, 0.05) is 0 Å². The van der Waals surface area contributed by atoms with Crippen molar-refractivity contribution >= 4 is 31.4 Å². The zero-order valence-corrected chi connectivity index (χ0v) is 14.2. The molecule has 6 heteroatoms. The summed E-state index contributed by atoms with van der Waals surface area (Å²) in [6, 6.07) is 22.0. The van der Waals surface area contributed by atoms with E-state index in [1.165, 1.54) is 25.2 Å². The van der Waals surface area contributed by atoms with Crippen LogP contribution in [-0.2, 0) is 6.42 Å². The molecule has 0 amide bonds. The molecule has 0 atom stereocenters. The van der Waals surface area contributed by atoms with Crippen LogP contribution < -0.4 is 0 Å². The van der Waals surface area contributed by atoms with Gasteiger partial charge in [-0.15, -0.1) is 0 Å². The van der Waals surface area contributed by atoms with Gasteiger partial charge in [-0.25, -0.2) is 0 Å². The summed E-state index contributed by atoms with van der Waals surface area (Å²) in [5.41, 5.74) is 2.84. The summed E-state index contributed by atoms with van der Waals surface area (Å²) in [7, 11) is -6.00. The van der Waals surface area contributed by atoms with Crippen LogP contribution in [0.15, 0.2) is 60.7 Å². The smallest absolute Gasteiger partial charge is 0.418 e. The molecule has 1 aromatic heterocycles. The molecule has 3 rings (SSSR count). The normalized spacial score (nSPS) is 11.0. The molecule has 3 aromatic rings. The minimum absolute atomic E-state index is 0.427. The Hall–Kier alpha value is -1.65. The first-order valence-electron chi connectivity index (χ1n) is 7.16. The largest absolute Gasteiger partial charge is 0.673 e. The summed E-state index contributed by atoms with van der Waals surface area (Å²) in [6.07, 6.45) is 1.10. The number of aryl methyl sites for hydroxylation is 1. The van der Waals surface area contributed by atoms with Gasteiger partial charge < -0.3 is 17.3 Å². The first-order valence-corrected chi connectivity index (χ1v) is 8.87. The molecule has 0 aliphatic carbocycles. The maximum absolute atomic E-state index is 9.75. The second kappa shape index (κ2) is 7.76. The van der Waals surface area contributed by atoms with Crippen molar-refractivity contribution in [3.63, 3.8) is 0 Å². The number of hydrogen-bond donors (Lipinski definition) is 0. The molecular formula is C17H15BF4Se. The van der Waals surface area contributed by atoms with Gasteiger partial charge >= 0.3 is 121 Å². The fraction of sp³-hybridized carbons (Fsp3) is 0.118. The molecule has 0 saturated carbocycles. The van der Waals surface area contributed by atoms with Crippen molar-refractivity contribution in [3.8, 4) is 10.0 Å². The van der Waals surface area contributed by atoms with Crippen molar-refractivity contribution in [2.24, 2.45) is 0 Å². The molecule has 0 unspecified atom stereocenters. The Balaban J connectivity index is 0.000000338. The summed E-state index contributed by atoms with van der Waals surface area (Å²) in [4.78, 5) is 0. The molecule has 0 fully saturated rings. The topological polar surface area (TPSA) is 0 Å². The zero-order valence-electron chi connectivity index (χ0n) is 12.5. The number of hydrogen-bond acceptors (Lipinski definition) is 0. The van der Waals surface area contributed by atoms with Crippen LogP contribution in [0.5, 0.6) is 0 Å². The fourth-order valence-electron chi connectivity index (χ4n) is 2.24. The fourth-order valence-corrected chi connectivity index (χ4v) is 4.65. The Morgan fingerprint density at radius 1 is 0.870 bits per heavy atom. The quantitative estimate of drug-likeness (QED) is 0.392. The summed E-state index contributed by atoms with van der Waals surface area (Å²) in [5, 5.41) is 1.46. The Labute approximate surface area is 138 Å². The molecule has 1 heterocycles. The molecule has 0 radical (unpaired) electrons. The standard InChI is InChI=1S/C17H15Se.BF4/c1-2-13-12-17(14-8-4-3-5-9-14)18-16-11-7-6-10-15(13)16;2-1(3,4)5/h3-12H,2H2,1H3;/q+1;-1. The Kier molecular flexibility index (Phi) is 5.97. The minimum atomic E-state index is -6.00. The molecule has 0 spiro atoms. The molecular weight excluding hydrogens is 370 g/mol. The SMILES string of the molecule is CCc1cc(-c2ccccc2)[se+]c2ccccc12.F[B-](F)(F)F. The van der Waals surface area contributed by atoms with E-state index in [-0.39, 0.29) is 0 Å². The van der Waals surface area contributed by atoms with E-state index in [2.05, 4.69) is 67.6 Å². The van der Waals surface area contributed by atoms with Gasteiger partial charge in [0.05, 0.1) is 0 Å². The summed E-state index contributed by atoms with van der Waals surface area (Å²) >= 11 is 0.427. The van der Waals surface area contributed by atoms with Gasteiger partial charge in [-0.05, 0) is 0 Å². The average Bonchev–Trinajstić information content (AvgIpc) is 2.53. The minimum Gasteiger partial charge on any atom is -0.418 e.